The van der Waals surface area contributed by atoms with E-state index in [1.54, 1.807) is 7.05 Å². The van der Waals surface area contributed by atoms with Crippen LogP contribution in [0, 0.1) is 0 Å². The Bertz CT molecular complexity index is 213. The van der Waals surface area contributed by atoms with Crippen LogP contribution in [-0.4, -0.2) is 47.9 Å². The Morgan fingerprint density at radius 1 is 1.73 bits per heavy atom. The van der Waals surface area contributed by atoms with Crippen molar-refractivity contribution in [3.63, 3.8) is 0 Å². The minimum atomic E-state index is -0.770. The van der Waals surface area contributed by atoms with Gasteiger partial charge in [0.25, 0.3) is 0 Å². The Hall–Kier alpha value is -0.260. The van der Waals surface area contributed by atoms with E-state index in [-0.39, 0.29) is 0 Å². The molecule has 88 valence electrons. The van der Waals surface area contributed by atoms with E-state index < -0.39 is 12.0 Å². The second-order valence-electron chi connectivity index (χ2n) is 3.74. The highest BCUT2D eigenvalue weighted by molar-refractivity contribution is 7.99. The van der Waals surface area contributed by atoms with Crippen LogP contribution in [0.4, 0.5) is 0 Å². The van der Waals surface area contributed by atoms with Crippen molar-refractivity contribution in [2.24, 2.45) is 0 Å². The van der Waals surface area contributed by atoms with Crippen LogP contribution in [0.25, 0.3) is 0 Å². The number of nitrogens with one attached hydrogen (secondary N) is 1. The largest absolute Gasteiger partial charge is 0.480 e. The molecule has 0 aromatic carbocycles. The van der Waals surface area contributed by atoms with Crippen molar-refractivity contribution in [3.8, 4) is 0 Å². The molecule has 5 heteroatoms. The molecule has 1 saturated heterocycles. The van der Waals surface area contributed by atoms with Gasteiger partial charge in [-0.15, -0.1) is 0 Å². The molecule has 3 unspecified atom stereocenters. The summed E-state index contributed by atoms with van der Waals surface area (Å²) in [4.78, 5) is 10.7. The van der Waals surface area contributed by atoms with E-state index >= 15 is 0 Å². The lowest BCUT2D eigenvalue weighted by molar-refractivity contribution is -0.139. The van der Waals surface area contributed by atoms with Crippen LogP contribution in [0.5, 0.6) is 0 Å². The molecule has 0 bridgehead atoms. The third kappa shape index (κ3) is 4.01. The summed E-state index contributed by atoms with van der Waals surface area (Å²) in [5.41, 5.74) is 0. The molecule has 15 heavy (non-hydrogen) atoms. The highest BCUT2D eigenvalue weighted by atomic mass is 32.2. The molecule has 0 spiro atoms. The van der Waals surface area contributed by atoms with Gasteiger partial charge in [0.15, 0.2) is 0 Å². The number of carboxylic acid groups (broad SMARTS) is 1. The molecule has 0 saturated carbocycles. The molecule has 1 fully saturated rings. The molecule has 1 heterocycles. The molecule has 4 nitrogen and oxygen atoms in total. The molecule has 0 radical (unpaired) electrons. The lowest BCUT2D eigenvalue weighted by atomic mass is 10.2. The minimum absolute atomic E-state index is 0.313. The number of hydrogen-bond acceptors (Lipinski definition) is 4. The van der Waals surface area contributed by atoms with Gasteiger partial charge in [0.1, 0.15) is 6.04 Å². The second-order valence-corrected chi connectivity index (χ2v) is 5.09. The number of rotatable bonds is 6. The standard InChI is InChI=1S/C10H19NO3S/c1-7-9(3-5-14-7)15-6-4-8(11-2)10(12)13/h7-9,11H,3-6H2,1-2H3,(H,12,13). The smallest absolute Gasteiger partial charge is 0.320 e. The van der Waals surface area contributed by atoms with Crippen molar-refractivity contribution in [3.05, 3.63) is 0 Å². The van der Waals surface area contributed by atoms with Crippen LogP contribution in [0.1, 0.15) is 19.8 Å². The Labute approximate surface area is 94.8 Å². The number of thioether (sulfide) groups is 1. The summed E-state index contributed by atoms with van der Waals surface area (Å²) in [7, 11) is 1.69. The van der Waals surface area contributed by atoms with Crippen molar-refractivity contribution >= 4 is 17.7 Å². The maximum Gasteiger partial charge on any atom is 0.320 e. The van der Waals surface area contributed by atoms with E-state index in [4.69, 9.17) is 9.84 Å². The fourth-order valence-corrected chi connectivity index (χ4v) is 2.95. The van der Waals surface area contributed by atoms with E-state index in [9.17, 15) is 4.79 Å². The summed E-state index contributed by atoms with van der Waals surface area (Å²) in [5.74, 6) is 0.102. The molecular formula is C10H19NO3S. The van der Waals surface area contributed by atoms with Gasteiger partial charge in [0.2, 0.25) is 0 Å². The first kappa shape index (κ1) is 12.8. The van der Waals surface area contributed by atoms with Gasteiger partial charge in [-0.05, 0) is 32.6 Å². The fourth-order valence-electron chi connectivity index (χ4n) is 1.66. The second kappa shape index (κ2) is 6.35. The van der Waals surface area contributed by atoms with Crippen molar-refractivity contribution in [1.82, 2.24) is 5.32 Å². The first-order valence-corrected chi connectivity index (χ1v) is 6.33. The lowest BCUT2D eigenvalue weighted by Gasteiger charge is -2.15. The van der Waals surface area contributed by atoms with Crippen molar-refractivity contribution in [2.45, 2.75) is 37.2 Å². The normalized spacial score (nSPS) is 27.9. The van der Waals surface area contributed by atoms with E-state index in [1.807, 2.05) is 11.8 Å². The zero-order valence-electron chi connectivity index (χ0n) is 9.23. The lowest BCUT2D eigenvalue weighted by Crippen LogP contribution is -2.34. The number of likely N-dealkylation sites (N-methyl/N-ethyl adjacent to an activating group) is 1. The number of carboxylic acids is 1. The van der Waals surface area contributed by atoms with E-state index in [2.05, 4.69) is 12.2 Å². The van der Waals surface area contributed by atoms with Gasteiger partial charge in [-0.3, -0.25) is 4.79 Å². The quantitative estimate of drug-likeness (QED) is 0.715. The first-order valence-electron chi connectivity index (χ1n) is 5.28. The Kier molecular flexibility index (Phi) is 5.42. The van der Waals surface area contributed by atoms with E-state index in [0.717, 1.165) is 18.8 Å². The molecular weight excluding hydrogens is 214 g/mol. The van der Waals surface area contributed by atoms with Crippen LogP contribution in [0.3, 0.4) is 0 Å². The summed E-state index contributed by atoms with van der Waals surface area (Å²) in [6, 6.07) is -0.421. The van der Waals surface area contributed by atoms with Gasteiger partial charge < -0.3 is 15.2 Å². The SMILES string of the molecule is CNC(CCSC1CCOC1C)C(=O)O. The molecule has 0 aromatic heterocycles. The van der Waals surface area contributed by atoms with Crippen LogP contribution in [0.15, 0.2) is 0 Å². The van der Waals surface area contributed by atoms with Gasteiger partial charge in [0, 0.05) is 11.9 Å². The molecule has 0 aromatic rings. The number of aliphatic carboxylic acids is 1. The fraction of sp³-hybridized carbons (Fsp3) is 0.900. The van der Waals surface area contributed by atoms with Crippen LogP contribution < -0.4 is 5.32 Å². The number of ether oxygens (including phenoxy) is 1. The summed E-state index contributed by atoms with van der Waals surface area (Å²) in [5, 5.41) is 12.2. The zero-order valence-corrected chi connectivity index (χ0v) is 10.0. The summed E-state index contributed by atoms with van der Waals surface area (Å²) < 4.78 is 5.44. The predicted octanol–water partition coefficient (Wildman–Crippen LogP) is 0.960. The minimum Gasteiger partial charge on any atom is -0.480 e. The highest BCUT2D eigenvalue weighted by Crippen LogP contribution is 2.26. The Morgan fingerprint density at radius 2 is 2.47 bits per heavy atom. The number of carbonyl (C=O) groups is 1. The van der Waals surface area contributed by atoms with Gasteiger partial charge in [-0.1, -0.05) is 0 Å². The summed E-state index contributed by atoms with van der Waals surface area (Å²) in [6.07, 6.45) is 2.07. The maximum atomic E-state index is 10.7. The molecule has 1 rings (SSSR count). The summed E-state index contributed by atoms with van der Waals surface area (Å²) >= 11 is 1.82. The molecule has 0 amide bonds. The highest BCUT2D eigenvalue weighted by Gasteiger charge is 2.25. The Morgan fingerprint density at radius 3 is 2.93 bits per heavy atom. The van der Waals surface area contributed by atoms with Gasteiger partial charge in [-0.2, -0.15) is 11.8 Å². The monoisotopic (exact) mass is 233 g/mol. The van der Waals surface area contributed by atoms with Crippen LogP contribution in [-0.2, 0) is 9.53 Å². The van der Waals surface area contributed by atoms with Gasteiger partial charge in [-0.25, -0.2) is 0 Å². The number of hydrogen-bond donors (Lipinski definition) is 2. The molecule has 1 aliphatic rings. The zero-order chi connectivity index (χ0) is 11.3. The first-order chi connectivity index (χ1) is 7.15. The third-order valence-corrected chi connectivity index (χ3v) is 4.21. The van der Waals surface area contributed by atoms with Gasteiger partial charge in [0.05, 0.1) is 6.10 Å². The van der Waals surface area contributed by atoms with Crippen molar-refractivity contribution < 1.29 is 14.6 Å². The summed E-state index contributed by atoms with van der Waals surface area (Å²) in [6.45, 7) is 2.92. The molecule has 2 N–H and O–H groups in total. The average Bonchev–Trinajstić information content (AvgIpc) is 2.58. The third-order valence-electron chi connectivity index (χ3n) is 2.69. The van der Waals surface area contributed by atoms with Crippen LogP contribution in [0.2, 0.25) is 0 Å². The topological polar surface area (TPSA) is 58.6 Å². The maximum absolute atomic E-state index is 10.7. The van der Waals surface area contributed by atoms with Gasteiger partial charge >= 0.3 is 5.97 Å². The predicted molar refractivity (Wildman–Crippen MR) is 61.4 cm³/mol. The van der Waals surface area contributed by atoms with E-state index in [0.29, 0.717) is 17.8 Å². The van der Waals surface area contributed by atoms with Crippen molar-refractivity contribution in [2.75, 3.05) is 19.4 Å². The Balaban J connectivity index is 2.17. The van der Waals surface area contributed by atoms with Crippen LogP contribution >= 0.6 is 11.8 Å². The van der Waals surface area contributed by atoms with E-state index in [1.165, 1.54) is 0 Å². The molecule has 1 aliphatic heterocycles. The molecule has 3 atom stereocenters. The average molecular weight is 233 g/mol. The van der Waals surface area contributed by atoms with Crippen molar-refractivity contribution in [1.29, 1.82) is 0 Å². The molecule has 0 aliphatic carbocycles.